The van der Waals surface area contributed by atoms with Gasteiger partial charge in [0.25, 0.3) is 0 Å². The number of anilines is 1. The van der Waals surface area contributed by atoms with E-state index in [2.05, 4.69) is 22.3 Å². The minimum absolute atomic E-state index is 0.310. The summed E-state index contributed by atoms with van der Waals surface area (Å²) < 4.78 is 27.0. The molecule has 0 aliphatic rings. The molecule has 0 spiro atoms. The second kappa shape index (κ2) is 8.24. The molecule has 0 saturated carbocycles. The molecule has 1 atom stereocenters. The largest absolute Gasteiger partial charge is 0.384 e. The van der Waals surface area contributed by atoms with Gasteiger partial charge in [0.15, 0.2) is 0 Å². The Kier molecular flexibility index (Phi) is 6.98. The zero-order valence-corrected chi connectivity index (χ0v) is 13.3. The molecular formula is C14H25N3O2S. The molecule has 114 valence electrons. The number of hydrogen-bond acceptors (Lipinski definition) is 4. The van der Waals surface area contributed by atoms with Crippen molar-refractivity contribution in [1.82, 2.24) is 10.0 Å². The van der Waals surface area contributed by atoms with Gasteiger partial charge in [0.05, 0.1) is 5.69 Å². The summed E-state index contributed by atoms with van der Waals surface area (Å²) in [5.41, 5.74) is 0.652. The van der Waals surface area contributed by atoms with Crippen molar-refractivity contribution in [1.29, 1.82) is 0 Å². The monoisotopic (exact) mass is 299 g/mol. The third-order valence-electron chi connectivity index (χ3n) is 2.91. The molecule has 5 nitrogen and oxygen atoms in total. The van der Waals surface area contributed by atoms with Crippen LogP contribution in [0.2, 0.25) is 0 Å². The number of rotatable bonds is 9. The minimum atomic E-state index is -3.44. The smallest absolute Gasteiger partial charge is 0.242 e. The molecule has 0 heterocycles. The van der Waals surface area contributed by atoms with Crippen molar-refractivity contribution in [2.45, 2.75) is 25.2 Å². The first kappa shape index (κ1) is 16.9. The van der Waals surface area contributed by atoms with Gasteiger partial charge in [-0.2, -0.15) is 0 Å². The number of para-hydroxylation sites is 1. The molecule has 6 heteroatoms. The summed E-state index contributed by atoms with van der Waals surface area (Å²) >= 11 is 0. The van der Waals surface area contributed by atoms with Crippen LogP contribution in [0.1, 0.15) is 20.3 Å². The molecule has 0 aromatic heterocycles. The molecule has 20 heavy (non-hydrogen) atoms. The van der Waals surface area contributed by atoms with Crippen LogP contribution >= 0.6 is 0 Å². The Labute approximate surface area is 122 Å². The zero-order chi connectivity index (χ0) is 15.0. The molecule has 0 radical (unpaired) electrons. The van der Waals surface area contributed by atoms with Crippen LogP contribution in [0.4, 0.5) is 5.69 Å². The van der Waals surface area contributed by atoms with Crippen molar-refractivity contribution in [2.24, 2.45) is 5.92 Å². The van der Waals surface area contributed by atoms with Gasteiger partial charge in [-0.05, 0) is 38.1 Å². The maximum Gasteiger partial charge on any atom is 0.242 e. The predicted octanol–water partition coefficient (Wildman–Crippen LogP) is 1.64. The summed E-state index contributed by atoms with van der Waals surface area (Å²) in [4.78, 5) is 0.310. The van der Waals surface area contributed by atoms with Gasteiger partial charge >= 0.3 is 0 Å². The SMILES string of the molecule is CCCNS(=O)(=O)c1ccccc1NCC(C)CNC. The topological polar surface area (TPSA) is 70.2 Å². The third kappa shape index (κ3) is 5.11. The lowest BCUT2D eigenvalue weighted by atomic mass is 10.2. The standard InChI is InChI=1S/C14H25N3O2S/c1-4-9-17-20(18,19)14-8-6-5-7-13(14)16-11-12(2)10-15-3/h5-8,12,15-17H,4,9-11H2,1-3H3. The summed E-state index contributed by atoms with van der Waals surface area (Å²) in [6.07, 6.45) is 0.772. The quantitative estimate of drug-likeness (QED) is 0.648. The molecule has 0 bridgehead atoms. The maximum absolute atomic E-state index is 12.2. The molecule has 0 amide bonds. The van der Waals surface area contributed by atoms with Gasteiger partial charge in [-0.3, -0.25) is 0 Å². The molecule has 1 aromatic rings. The minimum Gasteiger partial charge on any atom is -0.384 e. The van der Waals surface area contributed by atoms with Gasteiger partial charge in [0, 0.05) is 13.1 Å². The van der Waals surface area contributed by atoms with Crippen LogP contribution in [0.25, 0.3) is 0 Å². The van der Waals surface area contributed by atoms with Crippen molar-refractivity contribution in [3.8, 4) is 0 Å². The van der Waals surface area contributed by atoms with E-state index >= 15 is 0 Å². The molecule has 1 aromatic carbocycles. The van der Waals surface area contributed by atoms with Crippen LogP contribution in [0.3, 0.4) is 0 Å². The average molecular weight is 299 g/mol. The van der Waals surface area contributed by atoms with Crippen molar-refractivity contribution >= 4 is 15.7 Å². The van der Waals surface area contributed by atoms with Crippen molar-refractivity contribution in [3.05, 3.63) is 24.3 Å². The first-order chi connectivity index (χ1) is 9.51. The van der Waals surface area contributed by atoms with E-state index in [0.717, 1.165) is 19.5 Å². The van der Waals surface area contributed by atoms with Crippen molar-refractivity contribution in [3.63, 3.8) is 0 Å². The van der Waals surface area contributed by atoms with Gasteiger partial charge in [-0.25, -0.2) is 13.1 Å². The lowest BCUT2D eigenvalue weighted by molar-refractivity contribution is 0.567. The predicted molar refractivity (Wildman–Crippen MR) is 83.5 cm³/mol. The highest BCUT2D eigenvalue weighted by molar-refractivity contribution is 7.89. The third-order valence-corrected chi connectivity index (χ3v) is 4.43. The van der Waals surface area contributed by atoms with E-state index < -0.39 is 10.0 Å². The highest BCUT2D eigenvalue weighted by Gasteiger charge is 2.17. The van der Waals surface area contributed by atoms with Crippen LogP contribution in [0.15, 0.2) is 29.2 Å². The van der Waals surface area contributed by atoms with Crippen LogP contribution in [0.5, 0.6) is 0 Å². The van der Waals surface area contributed by atoms with E-state index in [1.807, 2.05) is 20.0 Å². The van der Waals surface area contributed by atoms with E-state index in [1.54, 1.807) is 18.2 Å². The fraction of sp³-hybridized carbons (Fsp3) is 0.571. The first-order valence-electron chi connectivity index (χ1n) is 6.98. The van der Waals surface area contributed by atoms with E-state index in [-0.39, 0.29) is 0 Å². The molecule has 0 saturated heterocycles. The molecule has 1 rings (SSSR count). The van der Waals surface area contributed by atoms with Gasteiger partial charge in [0.2, 0.25) is 10.0 Å². The van der Waals surface area contributed by atoms with E-state index in [0.29, 0.717) is 23.0 Å². The highest BCUT2D eigenvalue weighted by atomic mass is 32.2. The number of sulfonamides is 1. The summed E-state index contributed by atoms with van der Waals surface area (Å²) in [5, 5.41) is 6.33. The molecule has 1 unspecified atom stereocenters. The Balaban J connectivity index is 2.83. The summed E-state index contributed by atoms with van der Waals surface area (Å²) in [6.45, 7) is 6.10. The Morgan fingerprint density at radius 3 is 2.55 bits per heavy atom. The second-order valence-corrected chi connectivity index (χ2v) is 6.67. The Hall–Kier alpha value is -1.11. The van der Waals surface area contributed by atoms with Crippen molar-refractivity contribution in [2.75, 3.05) is 32.0 Å². The lowest BCUT2D eigenvalue weighted by Crippen LogP contribution is -2.27. The average Bonchev–Trinajstić information content (AvgIpc) is 2.43. The zero-order valence-electron chi connectivity index (χ0n) is 12.4. The molecular weight excluding hydrogens is 274 g/mol. The molecule has 0 aliphatic heterocycles. The number of nitrogens with one attached hydrogen (secondary N) is 3. The van der Waals surface area contributed by atoms with Gasteiger partial charge < -0.3 is 10.6 Å². The normalized spacial score (nSPS) is 13.2. The van der Waals surface area contributed by atoms with E-state index in [9.17, 15) is 8.42 Å². The molecule has 3 N–H and O–H groups in total. The van der Waals surface area contributed by atoms with Crippen LogP contribution in [-0.4, -0.2) is 35.1 Å². The van der Waals surface area contributed by atoms with E-state index in [1.165, 1.54) is 0 Å². The fourth-order valence-corrected chi connectivity index (χ4v) is 3.18. The second-order valence-electron chi connectivity index (χ2n) is 4.94. The molecule has 0 aliphatic carbocycles. The van der Waals surface area contributed by atoms with Crippen LogP contribution in [0, 0.1) is 5.92 Å². The van der Waals surface area contributed by atoms with Crippen LogP contribution in [-0.2, 0) is 10.0 Å². The Bertz CT molecular complexity index is 503. The first-order valence-corrected chi connectivity index (χ1v) is 8.46. The van der Waals surface area contributed by atoms with Gasteiger partial charge in [-0.1, -0.05) is 26.0 Å². The summed E-state index contributed by atoms with van der Waals surface area (Å²) in [5.74, 6) is 0.416. The van der Waals surface area contributed by atoms with Gasteiger partial charge in [-0.15, -0.1) is 0 Å². The highest BCUT2D eigenvalue weighted by Crippen LogP contribution is 2.20. The number of hydrogen-bond donors (Lipinski definition) is 3. The fourth-order valence-electron chi connectivity index (χ4n) is 1.87. The number of benzene rings is 1. The summed E-state index contributed by atoms with van der Waals surface area (Å²) in [7, 11) is -1.54. The Morgan fingerprint density at radius 2 is 1.90 bits per heavy atom. The lowest BCUT2D eigenvalue weighted by Gasteiger charge is -2.16. The van der Waals surface area contributed by atoms with Crippen molar-refractivity contribution < 1.29 is 8.42 Å². The van der Waals surface area contributed by atoms with Crippen LogP contribution < -0.4 is 15.4 Å². The Morgan fingerprint density at radius 1 is 1.20 bits per heavy atom. The maximum atomic E-state index is 12.2. The molecule has 0 fully saturated rings. The van der Waals surface area contributed by atoms with E-state index in [4.69, 9.17) is 0 Å². The summed E-state index contributed by atoms with van der Waals surface area (Å²) in [6, 6.07) is 7.00. The van der Waals surface area contributed by atoms with Gasteiger partial charge in [0.1, 0.15) is 4.90 Å².